The first kappa shape index (κ1) is 16.2. The maximum absolute atomic E-state index is 12.1. The fourth-order valence-corrected chi connectivity index (χ4v) is 2.62. The molecule has 1 aromatic heterocycles. The Morgan fingerprint density at radius 3 is 2.58 bits per heavy atom. The third kappa shape index (κ3) is 3.82. The Labute approximate surface area is 142 Å². The lowest BCUT2D eigenvalue weighted by molar-refractivity contribution is 0.0939. The number of H-pyrrole nitrogens is 1. The Bertz CT molecular complexity index is 787. The standard InChI is InChI=1S/C20H23N3O/c1-3-14(2)21-20(24)16-11-8-15(9-12-16)10-13-19-22-17-6-4-5-7-18(17)23-19/h4-9,11-12,14H,3,10,13H2,1-2H3,(H,21,24)(H,22,23)/t14-/m0/s1. The number of nitrogens with one attached hydrogen (secondary N) is 2. The molecule has 124 valence electrons. The van der Waals surface area contributed by atoms with Gasteiger partial charge in [-0.15, -0.1) is 0 Å². The van der Waals surface area contributed by atoms with Crippen molar-refractivity contribution in [2.45, 2.75) is 39.2 Å². The van der Waals surface area contributed by atoms with Gasteiger partial charge in [-0.25, -0.2) is 4.98 Å². The van der Waals surface area contributed by atoms with E-state index in [0.717, 1.165) is 36.1 Å². The van der Waals surface area contributed by atoms with Crippen LogP contribution in [-0.2, 0) is 12.8 Å². The molecular weight excluding hydrogens is 298 g/mol. The van der Waals surface area contributed by atoms with Crippen molar-refractivity contribution in [3.05, 3.63) is 65.5 Å². The predicted octanol–water partition coefficient (Wildman–Crippen LogP) is 3.88. The molecule has 0 aliphatic heterocycles. The van der Waals surface area contributed by atoms with Crippen LogP contribution in [0.5, 0.6) is 0 Å². The Balaban J connectivity index is 1.60. The van der Waals surface area contributed by atoms with Crippen molar-refractivity contribution >= 4 is 16.9 Å². The maximum Gasteiger partial charge on any atom is 0.251 e. The van der Waals surface area contributed by atoms with Crippen molar-refractivity contribution in [3.63, 3.8) is 0 Å². The van der Waals surface area contributed by atoms with Gasteiger partial charge in [0.2, 0.25) is 0 Å². The summed E-state index contributed by atoms with van der Waals surface area (Å²) < 4.78 is 0. The molecule has 0 saturated carbocycles. The quantitative estimate of drug-likeness (QED) is 0.724. The van der Waals surface area contributed by atoms with E-state index in [0.29, 0.717) is 5.56 Å². The first-order chi connectivity index (χ1) is 11.7. The lowest BCUT2D eigenvalue weighted by Crippen LogP contribution is -2.31. The zero-order chi connectivity index (χ0) is 16.9. The highest BCUT2D eigenvalue weighted by molar-refractivity contribution is 5.94. The van der Waals surface area contributed by atoms with E-state index in [1.165, 1.54) is 5.56 Å². The SMILES string of the molecule is CC[C@H](C)NC(=O)c1ccc(CCc2nc3ccccc3[nH]2)cc1. The number of fused-ring (bicyclic) bond motifs is 1. The van der Waals surface area contributed by atoms with Crippen LogP contribution in [0.2, 0.25) is 0 Å². The molecule has 0 unspecified atom stereocenters. The Hall–Kier alpha value is -2.62. The fourth-order valence-electron chi connectivity index (χ4n) is 2.62. The molecule has 0 radical (unpaired) electrons. The second-order valence-electron chi connectivity index (χ2n) is 6.18. The number of aromatic amines is 1. The molecule has 3 aromatic rings. The summed E-state index contributed by atoms with van der Waals surface area (Å²) in [7, 11) is 0. The number of carbonyl (C=O) groups is 1. The van der Waals surface area contributed by atoms with Crippen molar-refractivity contribution in [1.82, 2.24) is 15.3 Å². The van der Waals surface area contributed by atoms with Gasteiger partial charge in [-0.1, -0.05) is 31.2 Å². The highest BCUT2D eigenvalue weighted by Gasteiger charge is 2.08. The molecule has 2 N–H and O–H groups in total. The molecule has 3 rings (SSSR count). The minimum Gasteiger partial charge on any atom is -0.350 e. The van der Waals surface area contributed by atoms with Crippen LogP contribution in [0.15, 0.2) is 48.5 Å². The van der Waals surface area contributed by atoms with Gasteiger partial charge in [-0.2, -0.15) is 0 Å². The van der Waals surface area contributed by atoms with E-state index in [-0.39, 0.29) is 11.9 Å². The average Bonchev–Trinajstić information content (AvgIpc) is 3.03. The smallest absolute Gasteiger partial charge is 0.251 e. The molecule has 0 saturated heterocycles. The molecule has 4 nitrogen and oxygen atoms in total. The monoisotopic (exact) mass is 321 g/mol. The molecule has 24 heavy (non-hydrogen) atoms. The van der Waals surface area contributed by atoms with E-state index in [4.69, 9.17) is 0 Å². The van der Waals surface area contributed by atoms with Crippen LogP contribution < -0.4 is 5.32 Å². The van der Waals surface area contributed by atoms with Gasteiger partial charge in [0.1, 0.15) is 5.82 Å². The summed E-state index contributed by atoms with van der Waals surface area (Å²) in [5.74, 6) is 0.989. The summed E-state index contributed by atoms with van der Waals surface area (Å²) in [6.45, 7) is 4.08. The van der Waals surface area contributed by atoms with Crippen LogP contribution in [-0.4, -0.2) is 21.9 Å². The van der Waals surface area contributed by atoms with Crippen LogP contribution in [0, 0.1) is 0 Å². The average molecular weight is 321 g/mol. The number of aryl methyl sites for hydroxylation is 2. The van der Waals surface area contributed by atoms with Crippen LogP contribution in [0.25, 0.3) is 11.0 Å². The van der Waals surface area contributed by atoms with Gasteiger partial charge in [-0.3, -0.25) is 4.79 Å². The second kappa shape index (κ2) is 7.30. The predicted molar refractivity (Wildman–Crippen MR) is 97.2 cm³/mol. The molecular formula is C20H23N3O. The summed E-state index contributed by atoms with van der Waals surface area (Å²) in [6, 6.07) is 16.1. The molecule has 0 aliphatic rings. The van der Waals surface area contributed by atoms with Gasteiger partial charge < -0.3 is 10.3 Å². The van der Waals surface area contributed by atoms with Gasteiger partial charge in [0, 0.05) is 18.0 Å². The third-order valence-electron chi connectivity index (χ3n) is 4.29. The van der Waals surface area contributed by atoms with Gasteiger partial charge >= 0.3 is 0 Å². The Kier molecular flexibility index (Phi) is 4.94. The summed E-state index contributed by atoms with van der Waals surface area (Å²) >= 11 is 0. The van der Waals surface area contributed by atoms with E-state index < -0.39 is 0 Å². The topological polar surface area (TPSA) is 57.8 Å². The van der Waals surface area contributed by atoms with E-state index in [2.05, 4.69) is 22.2 Å². The number of amides is 1. The summed E-state index contributed by atoms with van der Waals surface area (Å²) in [5.41, 5.74) is 3.99. The number of hydrogen-bond donors (Lipinski definition) is 2. The van der Waals surface area contributed by atoms with Crippen LogP contribution in [0.3, 0.4) is 0 Å². The number of benzene rings is 2. The Morgan fingerprint density at radius 1 is 1.12 bits per heavy atom. The first-order valence-corrected chi connectivity index (χ1v) is 8.49. The zero-order valence-electron chi connectivity index (χ0n) is 14.2. The van der Waals surface area contributed by atoms with Gasteiger partial charge in [0.05, 0.1) is 11.0 Å². The molecule has 1 amide bonds. The molecule has 0 bridgehead atoms. The minimum absolute atomic E-state index is 0.00631. The lowest BCUT2D eigenvalue weighted by Gasteiger charge is -2.11. The molecule has 4 heteroatoms. The Morgan fingerprint density at radius 2 is 1.88 bits per heavy atom. The van der Waals surface area contributed by atoms with Crippen molar-refractivity contribution in [2.75, 3.05) is 0 Å². The molecule has 1 heterocycles. The number of imidazole rings is 1. The van der Waals surface area contributed by atoms with E-state index in [1.54, 1.807) is 0 Å². The van der Waals surface area contributed by atoms with Crippen molar-refractivity contribution < 1.29 is 4.79 Å². The number of hydrogen-bond acceptors (Lipinski definition) is 2. The van der Waals surface area contributed by atoms with Gasteiger partial charge in [0.15, 0.2) is 0 Å². The second-order valence-corrected chi connectivity index (χ2v) is 6.18. The highest BCUT2D eigenvalue weighted by atomic mass is 16.1. The summed E-state index contributed by atoms with van der Waals surface area (Å²) in [4.78, 5) is 20.0. The fraction of sp³-hybridized carbons (Fsp3) is 0.300. The summed E-state index contributed by atoms with van der Waals surface area (Å²) in [5, 5.41) is 2.98. The zero-order valence-corrected chi connectivity index (χ0v) is 14.2. The molecule has 2 aromatic carbocycles. The largest absolute Gasteiger partial charge is 0.350 e. The minimum atomic E-state index is -0.00631. The first-order valence-electron chi connectivity index (χ1n) is 8.49. The van der Waals surface area contributed by atoms with Crippen LogP contribution in [0.4, 0.5) is 0 Å². The molecule has 0 fully saturated rings. The lowest BCUT2D eigenvalue weighted by atomic mass is 10.1. The highest BCUT2D eigenvalue weighted by Crippen LogP contribution is 2.13. The number of nitrogens with zero attached hydrogens (tertiary/aromatic N) is 1. The van der Waals surface area contributed by atoms with Gasteiger partial charge in [0.25, 0.3) is 5.91 Å². The molecule has 1 atom stereocenters. The third-order valence-corrected chi connectivity index (χ3v) is 4.29. The number of rotatable bonds is 6. The van der Waals surface area contributed by atoms with Crippen LogP contribution in [0.1, 0.15) is 42.0 Å². The van der Waals surface area contributed by atoms with Crippen molar-refractivity contribution in [1.29, 1.82) is 0 Å². The van der Waals surface area contributed by atoms with Crippen LogP contribution >= 0.6 is 0 Å². The maximum atomic E-state index is 12.1. The van der Waals surface area contributed by atoms with Crippen molar-refractivity contribution in [3.8, 4) is 0 Å². The molecule has 0 aliphatic carbocycles. The summed E-state index contributed by atoms with van der Waals surface area (Å²) in [6.07, 6.45) is 2.68. The normalized spacial score (nSPS) is 12.2. The van der Waals surface area contributed by atoms with E-state index >= 15 is 0 Å². The number of aromatic nitrogens is 2. The van der Waals surface area contributed by atoms with Gasteiger partial charge in [-0.05, 0) is 49.6 Å². The number of carbonyl (C=O) groups excluding carboxylic acids is 1. The molecule has 0 spiro atoms. The van der Waals surface area contributed by atoms with E-state index in [1.807, 2.05) is 55.5 Å². The van der Waals surface area contributed by atoms with E-state index in [9.17, 15) is 4.79 Å². The number of para-hydroxylation sites is 2. The van der Waals surface area contributed by atoms with Crippen molar-refractivity contribution in [2.24, 2.45) is 0 Å².